The van der Waals surface area contributed by atoms with Crippen molar-refractivity contribution in [3.63, 3.8) is 0 Å². The highest BCUT2D eigenvalue weighted by atomic mass is 35.5. The van der Waals surface area contributed by atoms with Gasteiger partial charge < -0.3 is 19.3 Å². The molecule has 9 heteroatoms. The number of pyridine rings is 2. The van der Waals surface area contributed by atoms with Crippen LogP contribution in [0.25, 0.3) is 0 Å². The quantitative estimate of drug-likeness (QED) is 0.598. The summed E-state index contributed by atoms with van der Waals surface area (Å²) in [6.07, 6.45) is 2.82. The Balaban J connectivity index is 0.000000475. The lowest BCUT2D eigenvalue weighted by Crippen LogP contribution is -2.07. The third-order valence-corrected chi connectivity index (χ3v) is 3.26. The van der Waals surface area contributed by atoms with Crippen LogP contribution in [0.2, 0.25) is 10.3 Å². The number of ether oxygens (including phenoxy) is 3. The summed E-state index contributed by atoms with van der Waals surface area (Å²) in [5, 5.41) is 9.41. The second-order valence-corrected chi connectivity index (χ2v) is 5.18. The smallest absolute Gasteiger partial charge is 0.343 e. The SMILES string of the molecule is C.CCOC(=O)c1cnc(Cl)cc1OC.COc1cc(Cl)ncc1CO. The highest BCUT2D eigenvalue weighted by Crippen LogP contribution is 2.21. The number of aromatic nitrogens is 2. The molecule has 0 aromatic carbocycles. The van der Waals surface area contributed by atoms with Gasteiger partial charge in [0.15, 0.2) is 0 Å². The molecule has 0 aliphatic heterocycles. The topological polar surface area (TPSA) is 90.8 Å². The minimum absolute atomic E-state index is 0. The van der Waals surface area contributed by atoms with E-state index in [1.54, 1.807) is 13.0 Å². The van der Waals surface area contributed by atoms with E-state index in [2.05, 4.69) is 9.97 Å². The molecule has 0 saturated carbocycles. The molecule has 26 heavy (non-hydrogen) atoms. The molecule has 0 aliphatic carbocycles. The van der Waals surface area contributed by atoms with Gasteiger partial charge in [-0.3, -0.25) is 0 Å². The Kier molecular flexibility index (Phi) is 11.3. The normalized spacial score (nSPS) is 9.31. The molecule has 0 unspecified atom stereocenters. The fourth-order valence-electron chi connectivity index (χ4n) is 1.69. The van der Waals surface area contributed by atoms with Crippen LogP contribution in [0.4, 0.5) is 0 Å². The lowest BCUT2D eigenvalue weighted by molar-refractivity contribution is 0.0522. The number of aliphatic hydroxyl groups is 1. The standard InChI is InChI=1S/C9H10ClNO3.C7H8ClNO2.CH4/c1-3-14-9(12)6-5-11-8(10)4-7(6)13-2;1-11-6-2-7(8)9-3-5(6)4-10;/h4-5H,3H2,1-2H3;2-3,10H,4H2,1H3;1H4. The number of nitrogens with zero attached hydrogens (tertiary/aromatic N) is 2. The van der Waals surface area contributed by atoms with Gasteiger partial charge >= 0.3 is 5.97 Å². The zero-order valence-electron chi connectivity index (χ0n) is 14.0. The molecule has 0 aliphatic rings. The Morgan fingerprint density at radius 1 is 1.08 bits per heavy atom. The summed E-state index contributed by atoms with van der Waals surface area (Å²) in [6, 6.07) is 3.03. The predicted octanol–water partition coefficient (Wildman–Crippen LogP) is 3.79. The van der Waals surface area contributed by atoms with E-state index in [0.29, 0.717) is 28.8 Å². The van der Waals surface area contributed by atoms with Crippen LogP contribution in [0.5, 0.6) is 11.5 Å². The van der Waals surface area contributed by atoms with E-state index < -0.39 is 5.97 Å². The lowest BCUT2D eigenvalue weighted by Gasteiger charge is -2.06. The molecule has 2 heterocycles. The maximum atomic E-state index is 11.4. The van der Waals surface area contributed by atoms with E-state index in [4.69, 9.17) is 42.5 Å². The van der Waals surface area contributed by atoms with Crippen molar-refractivity contribution >= 4 is 29.2 Å². The van der Waals surface area contributed by atoms with E-state index in [1.807, 2.05) is 0 Å². The Labute approximate surface area is 162 Å². The number of halogens is 2. The number of esters is 1. The van der Waals surface area contributed by atoms with E-state index in [9.17, 15) is 4.79 Å². The molecule has 0 bridgehead atoms. The fourth-order valence-corrected chi connectivity index (χ4v) is 1.99. The van der Waals surface area contributed by atoms with Crippen LogP contribution >= 0.6 is 23.2 Å². The minimum atomic E-state index is -0.464. The van der Waals surface area contributed by atoms with Crippen molar-refractivity contribution in [2.45, 2.75) is 21.0 Å². The molecule has 2 aromatic heterocycles. The number of hydrogen-bond donors (Lipinski definition) is 1. The van der Waals surface area contributed by atoms with Crippen LogP contribution in [0.1, 0.15) is 30.3 Å². The molecule has 0 radical (unpaired) electrons. The molecule has 144 valence electrons. The van der Waals surface area contributed by atoms with Gasteiger partial charge in [0.05, 0.1) is 27.4 Å². The summed E-state index contributed by atoms with van der Waals surface area (Å²) in [5.74, 6) is 0.462. The number of carbonyl (C=O) groups is 1. The van der Waals surface area contributed by atoms with Crippen LogP contribution in [0, 0.1) is 0 Å². The third-order valence-electron chi connectivity index (χ3n) is 2.85. The number of methoxy groups -OCH3 is 2. The van der Waals surface area contributed by atoms with Gasteiger partial charge in [0.1, 0.15) is 27.4 Å². The summed E-state index contributed by atoms with van der Waals surface area (Å²) in [4.78, 5) is 18.9. The second kappa shape index (κ2) is 12.3. The molecule has 0 fully saturated rings. The Morgan fingerprint density at radius 2 is 1.62 bits per heavy atom. The third kappa shape index (κ3) is 7.03. The van der Waals surface area contributed by atoms with E-state index >= 15 is 0 Å². The van der Waals surface area contributed by atoms with Crippen molar-refractivity contribution in [3.8, 4) is 11.5 Å². The summed E-state index contributed by atoms with van der Waals surface area (Å²) >= 11 is 11.2. The lowest BCUT2D eigenvalue weighted by atomic mass is 10.2. The number of carbonyl (C=O) groups excluding carboxylic acids is 1. The molecule has 7 nitrogen and oxygen atoms in total. The first-order chi connectivity index (χ1) is 12.0. The van der Waals surface area contributed by atoms with Crippen LogP contribution in [-0.4, -0.2) is 41.9 Å². The second-order valence-electron chi connectivity index (χ2n) is 4.40. The average Bonchev–Trinajstić information content (AvgIpc) is 2.62. The molecule has 0 atom stereocenters. The van der Waals surface area contributed by atoms with Gasteiger partial charge in [-0.1, -0.05) is 30.6 Å². The molecular formula is C17H22Cl2N2O5. The van der Waals surface area contributed by atoms with Crippen LogP contribution < -0.4 is 9.47 Å². The van der Waals surface area contributed by atoms with Gasteiger partial charge in [0.25, 0.3) is 0 Å². The van der Waals surface area contributed by atoms with Gasteiger partial charge in [0, 0.05) is 30.1 Å². The molecular weight excluding hydrogens is 383 g/mol. The van der Waals surface area contributed by atoms with Gasteiger partial charge in [0.2, 0.25) is 0 Å². The van der Waals surface area contributed by atoms with Crippen molar-refractivity contribution in [1.29, 1.82) is 0 Å². The molecule has 0 spiro atoms. The summed E-state index contributed by atoms with van der Waals surface area (Å²) < 4.78 is 14.7. The molecule has 2 aromatic rings. The first kappa shape index (κ1) is 23.9. The average molecular weight is 405 g/mol. The van der Waals surface area contributed by atoms with E-state index in [1.165, 1.54) is 32.7 Å². The fraction of sp³-hybridized carbons (Fsp3) is 0.353. The zero-order valence-corrected chi connectivity index (χ0v) is 15.5. The summed E-state index contributed by atoms with van der Waals surface area (Å²) in [7, 11) is 2.97. The Hall–Kier alpha value is -2.09. The Bertz CT molecular complexity index is 714. The van der Waals surface area contributed by atoms with E-state index in [-0.39, 0.29) is 24.8 Å². The first-order valence-electron chi connectivity index (χ1n) is 7.12. The minimum Gasteiger partial charge on any atom is -0.496 e. The molecule has 1 N–H and O–H groups in total. The van der Waals surface area contributed by atoms with Crippen molar-refractivity contribution in [1.82, 2.24) is 9.97 Å². The summed E-state index contributed by atoms with van der Waals surface area (Å²) in [5.41, 5.74) is 0.913. The molecule has 0 amide bonds. The molecule has 0 saturated heterocycles. The van der Waals surface area contributed by atoms with E-state index in [0.717, 1.165) is 0 Å². The van der Waals surface area contributed by atoms with Gasteiger partial charge in [-0.05, 0) is 6.92 Å². The maximum Gasteiger partial charge on any atom is 0.343 e. The van der Waals surface area contributed by atoms with Crippen LogP contribution in [0.15, 0.2) is 24.5 Å². The largest absolute Gasteiger partial charge is 0.496 e. The number of rotatable bonds is 5. The van der Waals surface area contributed by atoms with Crippen molar-refractivity contribution in [2.24, 2.45) is 0 Å². The summed E-state index contributed by atoms with van der Waals surface area (Å²) in [6.45, 7) is 1.95. The van der Waals surface area contributed by atoms with Crippen molar-refractivity contribution in [3.05, 3.63) is 46.0 Å². The Morgan fingerprint density at radius 3 is 2.12 bits per heavy atom. The number of hydrogen-bond acceptors (Lipinski definition) is 7. The first-order valence-corrected chi connectivity index (χ1v) is 7.88. The van der Waals surface area contributed by atoms with Crippen LogP contribution in [-0.2, 0) is 11.3 Å². The monoisotopic (exact) mass is 404 g/mol. The highest BCUT2D eigenvalue weighted by Gasteiger charge is 2.14. The van der Waals surface area contributed by atoms with Crippen molar-refractivity contribution < 1.29 is 24.1 Å². The maximum absolute atomic E-state index is 11.4. The van der Waals surface area contributed by atoms with Crippen LogP contribution in [0.3, 0.4) is 0 Å². The van der Waals surface area contributed by atoms with Gasteiger partial charge in [-0.2, -0.15) is 0 Å². The zero-order chi connectivity index (χ0) is 18.8. The highest BCUT2D eigenvalue weighted by molar-refractivity contribution is 6.29. The number of aliphatic hydroxyl groups excluding tert-OH is 1. The van der Waals surface area contributed by atoms with Gasteiger partial charge in [-0.25, -0.2) is 14.8 Å². The molecule has 2 rings (SSSR count). The predicted molar refractivity (Wildman–Crippen MR) is 100 cm³/mol. The van der Waals surface area contributed by atoms with Crippen molar-refractivity contribution in [2.75, 3.05) is 20.8 Å². The van der Waals surface area contributed by atoms with Gasteiger partial charge in [-0.15, -0.1) is 0 Å².